The normalized spacial score (nSPS) is 20.5. The summed E-state index contributed by atoms with van der Waals surface area (Å²) in [6.45, 7) is 2.06. The van der Waals surface area contributed by atoms with Gasteiger partial charge < -0.3 is 10.2 Å². The standard InChI is InChI=1S/C22H22F2N6O3/c1-13-2-3-16(6-15(13)8-25)27-19(32)14-4-5-30(10-14)20(33)17(31)7-21(11-22(23,24)12-21)18-9-26-29-28-18/h2-3,6,9,14H,4-5,7,10-12H2,1H3,(H,27,32)(H,26,28,29)/t14-/m0/s1. The van der Waals surface area contributed by atoms with Crippen LogP contribution < -0.4 is 5.32 Å². The lowest BCUT2D eigenvalue weighted by atomic mass is 9.61. The second-order valence-corrected chi connectivity index (χ2v) is 8.81. The number of likely N-dealkylation sites (tertiary alicyclic amines) is 1. The second kappa shape index (κ2) is 8.35. The van der Waals surface area contributed by atoms with E-state index in [1.807, 2.05) is 0 Å². The van der Waals surface area contributed by atoms with E-state index in [9.17, 15) is 23.2 Å². The molecule has 2 amide bonds. The van der Waals surface area contributed by atoms with Crippen molar-refractivity contribution < 1.29 is 23.2 Å². The molecule has 9 nitrogen and oxygen atoms in total. The molecule has 1 saturated heterocycles. The van der Waals surface area contributed by atoms with Crippen LogP contribution in [-0.4, -0.2) is 56.9 Å². The Morgan fingerprint density at radius 1 is 1.33 bits per heavy atom. The van der Waals surface area contributed by atoms with Crippen molar-refractivity contribution in [3.05, 3.63) is 41.2 Å². The van der Waals surface area contributed by atoms with Gasteiger partial charge in [0.2, 0.25) is 17.6 Å². The maximum atomic E-state index is 13.6. The molecule has 172 valence electrons. The van der Waals surface area contributed by atoms with Crippen LogP contribution in [0.25, 0.3) is 0 Å². The van der Waals surface area contributed by atoms with Crippen molar-refractivity contribution >= 4 is 23.3 Å². The molecule has 1 aromatic carbocycles. The Labute approximate surface area is 188 Å². The summed E-state index contributed by atoms with van der Waals surface area (Å²) in [6.07, 6.45) is 0.137. The Bertz CT molecular complexity index is 1130. The molecule has 2 aromatic rings. The molecule has 2 aliphatic rings. The van der Waals surface area contributed by atoms with Crippen LogP contribution in [-0.2, 0) is 19.8 Å². The van der Waals surface area contributed by atoms with Gasteiger partial charge in [0.05, 0.1) is 29.4 Å². The summed E-state index contributed by atoms with van der Waals surface area (Å²) < 4.78 is 27.3. The predicted octanol–water partition coefficient (Wildman–Crippen LogP) is 2.10. The van der Waals surface area contributed by atoms with Crippen molar-refractivity contribution in [1.82, 2.24) is 20.3 Å². The van der Waals surface area contributed by atoms with Gasteiger partial charge in [-0.15, -0.1) is 0 Å². The van der Waals surface area contributed by atoms with Gasteiger partial charge in [0.15, 0.2) is 0 Å². The number of H-pyrrole nitrogens is 1. The number of aromatic nitrogens is 3. The van der Waals surface area contributed by atoms with E-state index in [1.54, 1.807) is 25.1 Å². The fourth-order valence-electron chi connectivity index (χ4n) is 4.57. The molecule has 0 radical (unpaired) electrons. The second-order valence-electron chi connectivity index (χ2n) is 8.81. The number of carbonyl (C=O) groups excluding carboxylic acids is 3. The number of aromatic amines is 1. The highest BCUT2D eigenvalue weighted by Gasteiger charge is 2.59. The first-order valence-corrected chi connectivity index (χ1v) is 10.5. The van der Waals surface area contributed by atoms with Crippen molar-refractivity contribution in [2.75, 3.05) is 18.4 Å². The number of rotatable bonds is 6. The third-order valence-electron chi connectivity index (χ3n) is 6.36. The Morgan fingerprint density at radius 3 is 2.73 bits per heavy atom. The molecule has 1 aliphatic heterocycles. The number of hydrogen-bond acceptors (Lipinski definition) is 6. The Hall–Kier alpha value is -3.68. The van der Waals surface area contributed by atoms with Gasteiger partial charge in [-0.25, -0.2) is 8.78 Å². The van der Waals surface area contributed by atoms with Crippen LogP contribution >= 0.6 is 0 Å². The average Bonchev–Trinajstić information content (AvgIpc) is 3.45. The molecule has 0 spiro atoms. The average molecular weight is 456 g/mol. The van der Waals surface area contributed by atoms with Crippen LogP contribution in [0.5, 0.6) is 0 Å². The number of benzene rings is 1. The molecular formula is C22H22F2N6O3. The van der Waals surface area contributed by atoms with Crippen LogP contribution in [0, 0.1) is 24.2 Å². The summed E-state index contributed by atoms with van der Waals surface area (Å²) >= 11 is 0. The molecule has 1 saturated carbocycles. The lowest BCUT2D eigenvalue weighted by Crippen LogP contribution is -2.52. The van der Waals surface area contributed by atoms with E-state index in [1.165, 1.54) is 11.1 Å². The predicted molar refractivity (Wildman–Crippen MR) is 111 cm³/mol. The third-order valence-corrected chi connectivity index (χ3v) is 6.36. The molecule has 0 bridgehead atoms. The number of halogens is 2. The first kappa shape index (κ1) is 22.5. The van der Waals surface area contributed by atoms with Gasteiger partial charge >= 0.3 is 0 Å². The first-order valence-electron chi connectivity index (χ1n) is 10.5. The van der Waals surface area contributed by atoms with E-state index in [2.05, 4.69) is 26.8 Å². The highest BCUT2D eigenvalue weighted by molar-refractivity contribution is 6.36. The maximum Gasteiger partial charge on any atom is 0.289 e. The number of nitrogens with one attached hydrogen (secondary N) is 2. The van der Waals surface area contributed by atoms with Gasteiger partial charge in [-0.2, -0.15) is 20.7 Å². The van der Waals surface area contributed by atoms with E-state index >= 15 is 0 Å². The Morgan fingerprint density at radius 2 is 2.09 bits per heavy atom. The molecule has 2 heterocycles. The van der Waals surface area contributed by atoms with Gasteiger partial charge in [0.25, 0.3) is 5.91 Å². The number of aryl methyl sites for hydroxylation is 1. The molecule has 1 atom stereocenters. The summed E-state index contributed by atoms with van der Waals surface area (Å²) in [5, 5.41) is 21.7. The van der Waals surface area contributed by atoms with Crippen LogP contribution in [0.4, 0.5) is 14.5 Å². The summed E-state index contributed by atoms with van der Waals surface area (Å²) in [5.74, 6) is -5.33. The van der Waals surface area contributed by atoms with Gasteiger partial charge in [-0.05, 0) is 31.0 Å². The minimum atomic E-state index is -2.92. The molecule has 33 heavy (non-hydrogen) atoms. The summed E-state index contributed by atoms with van der Waals surface area (Å²) in [5.41, 5.74) is 0.735. The van der Waals surface area contributed by atoms with Crippen LogP contribution in [0.2, 0.25) is 0 Å². The largest absolute Gasteiger partial charge is 0.335 e. The summed E-state index contributed by atoms with van der Waals surface area (Å²) in [6, 6.07) is 7.05. The van der Waals surface area contributed by atoms with Crippen LogP contribution in [0.1, 0.15) is 42.5 Å². The minimum absolute atomic E-state index is 0.0560. The molecule has 2 fully saturated rings. The monoisotopic (exact) mass is 456 g/mol. The molecular weight excluding hydrogens is 434 g/mol. The maximum absolute atomic E-state index is 13.6. The zero-order chi connectivity index (χ0) is 23.8. The molecule has 0 unspecified atom stereocenters. The number of carbonyl (C=O) groups is 3. The number of anilines is 1. The zero-order valence-corrected chi connectivity index (χ0v) is 17.9. The number of amides is 2. The smallest absolute Gasteiger partial charge is 0.289 e. The third kappa shape index (κ3) is 4.46. The highest BCUT2D eigenvalue weighted by atomic mass is 19.3. The van der Waals surface area contributed by atoms with Crippen LogP contribution in [0.3, 0.4) is 0 Å². The van der Waals surface area contributed by atoms with Crippen molar-refractivity contribution in [2.45, 2.75) is 43.9 Å². The Balaban J connectivity index is 1.37. The number of nitriles is 1. The van der Waals surface area contributed by atoms with Crippen molar-refractivity contribution in [1.29, 1.82) is 5.26 Å². The number of alkyl halides is 2. The topological polar surface area (TPSA) is 132 Å². The van der Waals surface area contributed by atoms with Gasteiger partial charge in [0.1, 0.15) is 0 Å². The minimum Gasteiger partial charge on any atom is -0.335 e. The SMILES string of the molecule is Cc1ccc(NC(=O)[C@H]2CCN(C(=O)C(=O)CC3(c4cn[nH]n4)CC(F)(F)C3)C2)cc1C#N. The van der Waals surface area contributed by atoms with Crippen LogP contribution in [0.15, 0.2) is 24.4 Å². The van der Waals surface area contributed by atoms with E-state index in [0.717, 1.165) is 5.56 Å². The molecule has 2 N–H and O–H groups in total. The zero-order valence-electron chi connectivity index (χ0n) is 17.9. The molecule has 11 heteroatoms. The fourth-order valence-corrected chi connectivity index (χ4v) is 4.57. The van der Waals surface area contributed by atoms with Crippen molar-refractivity contribution in [3.63, 3.8) is 0 Å². The summed E-state index contributed by atoms with van der Waals surface area (Å²) in [7, 11) is 0. The number of Topliss-reactive ketones (excluding diaryl/α,β-unsaturated/α-hetero) is 1. The molecule has 1 aliphatic carbocycles. The highest BCUT2D eigenvalue weighted by Crippen LogP contribution is 2.54. The van der Waals surface area contributed by atoms with Crippen molar-refractivity contribution in [2.24, 2.45) is 5.92 Å². The Kier molecular flexibility index (Phi) is 5.69. The number of nitrogens with zero attached hydrogens (tertiary/aromatic N) is 4. The van der Waals surface area contributed by atoms with Gasteiger partial charge in [0, 0.05) is 43.5 Å². The first-order chi connectivity index (χ1) is 15.6. The van der Waals surface area contributed by atoms with E-state index in [4.69, 9.17) is 5.26 Å². The lowest BCUT2D eigenvalue weighted by Gasteiger charge is -2.45. The molecule has 4 rings (SSSR count). The summed E-state index contributed by atoms with van der Waals surface area (Å²) in [4.78, 5) is 39.3. The van der Waals surface area contributed by atoms with E-state index in [-0.39, 0.29) is 31.1 Å². The van der Waals surface area contributed by atoms with E-state index < -0.39 is 41.8 Å². The van der Waals surface area contributed by atoms with Crippen molar-refractivity contribution in [3.8, 4) is 6.07 Å². The number of hydrogen-bond donors (Lipinski definition) is 2. The van der Waals surface area contributed by atoms with E-state index in [0.29, 0.717) is 17.7 Å². The van der Waals surface area contributed by atoms with Gasteiger partial charge in [-0.3, -0.25) is 14.4 Å². The van der Waals surface area contributed by atoms with Gasteiger partial charge in [-0.1, -0.05) is 6.07 Å². The fraction of sp³-hybridized carbons (Fsp3) is 0.455. The number of ketones is 1. The quantitative estimate of drug-likeness (QED) is 0.640. The molecule has 1 aromatic heterocycles. The lowest BCUT2D eigenvalue weighted by molar-refractivity contribution is -0.153.